The van der Waals surface area contributed by atoms with Crippen LogP contribution in [0.15, 0.2) is 0 Å². The first-order valence-electron chi connectivity index (χ1n) is 5.12. The molecule has 0 amide bonds. The van der Waals surface area contributed by atoms with E-state index in [0.29, 0.717) is 0 Å². The van der Waals surface area contributed by atoms with Crippen molar-refractivity contribution in [2.24, 2.45) is 11.8 Å². The van der Waals surface area contributed by atoms with Gasteiger partial charge in [0.1, 0.15) is 0 Å². The molecule has 0 saturated heterocycles. The predicted molar refractivity (Wildman–Crippen MR) is 56.0 cm³/mol. The lowest BCUT2D eigenvalue weighted by atomic mass is 9.83. The maximum Gasteiger partial charge on any atom is 0.307 e. The summed E-state index contributed by atoms with van der Waals surface area (Å²) in [6, 6.07) is 0. The lowest BCUT2D eigenvalue weighted by Crippen LogP contribution is -2.28. The zero-order valence-electron chi connectivity index (χ0n) is 9.40. The molecular formula is C10H14O8. The van der Waals surface area contributed by atoms with Crippen molar-refractivity contribution < 1.29 is 39.6 Å². The first-order valence-corrected chi connectivity index (χ1v) is 5.12. The lowest BCUT2D eigenvalue weighted by molar-refractivity contribution is -0.152. The largest absolute Gasteiger partial charge is 0.481 e. The van der Waals surface area contributed by atoms with E-state index in [9.17, 15) is 19.2 Å². The average Bonchev–Trinajstić information content (AvgIpc) is 2.19. The van der Waals surface area contributed by atoms with Crippen LogP contribution in [0.4, 0.5) is 0 Å². The average molecular weight is 262 g/mol. The molecule has 0 aromatic heterocycles. The summed E-state index contributed by atoms with van der Waals surface area (Å²) in [5.74, 6) is -7.71. The molecule has 102 valence electrons. The second-order valence-corrected chi connectivity index (χ2v) is 3.83. The van der Waals surface area contributed by atoms with E-state index in [0.717, 1.165) is 0 Å². The smallest absolute Gasteiger partial charge is 0.307 e. The highest BCUT2D eigenvalue weighted by Crippen LogP contribution is 2.25. The Labute approximate surface area is 102 Å². The van der Waals surface area contributed by atoms with Crippen molar-refractivity contribution in [1.82, 2.24) is 0 Å². The van der Waals surface area contributed by atoms with E-state index in [1.54, 1.807) is 0 Å². The second kappa shape index (κ2) is 7.25. The van der Waals surface area contributed by atoms with Gasteiger partial charge in [0.25, 0.3) is 0 Å². The van der Waals surface area contributed by atoms with Crippen LogP contribution in [0.3, 0.4) is 0 Å². The minimum atomic E-state index is -1.44. The zero-order chi connectivity index (χ0) is 14.3. The van der Waals surface area contributed by atoms with E-state index in [1.165, 1.54) is 0 Å². The molecule has 8 heteroatoms. The molecule has 0 rings (SSSR count). The van der Waals surface area contributed by atoms with Gasteiger partial charge in [0.2, 0.25) is 0 Å². The molecular weight excluding hydrogens is 248 g/mol. The molecule has 0 aromatic rings. The third kappa shape index (κ3) is 6.46. The van der Waals surface area contributed by atoms with Crippen molar-refractivity contribution >= 4 is 23.9 Å². The normalized spacial score (nSPS) is 13.6. The summed E-state index contributed by atoms with van der Waals surface area (Å²) in [4.78, 5) is 42.4. The zero-order valence-corrected chi connectivity index (χ0v) is 9.40. The third-order valence-electron chi connectivity index (χ3n) is 2.45. The van der Waals surface area contributed by atoms with E-state index in [4.69, 9.17) is 20.4 Å². The van der Waals surface area contributed by atoms with E-state index >= 15 is 0 Å². The fourth-order valence-corrected chi connectivity index (χ4v) is 1.62. The molecule has 18 heavy (non-hydrogen) atoms. The van der Waals surface area contributed by atoms with E-state index in [1.807, 2.05) is 0 Å². The molecule has 0 aromatic carbocycles. The van der Waals surface area contributed by atoms with E-state index < -0.39 is 55.0 Å². The molecule has 0 aliphatic rings. The fraction of sp³-hybridized carbons (Fsp3) is 0.600. The number of hydrogen-bond donors (Lipinski definition) is 4. The third-order valence-corrected chi connectivity index (χ3v) is 2.45. The predicted octanol–water partition coefficient (Wildman–Crippen LogP) is 0.118. The number of carboxylic acid groups (broad SMARTS) is 4. The Morgan fingerprint density at radius 2 is 1.28 bits per heavy atom. The Morgan fingerprint density at radius 3 is 1.61 bits per heavy atom. The molecule has 0 aliphatic heterocycles. The Hall–Kier alpha value is -2.12. The monoisotopic (exact) mass is 262 g/mol. The van der Waals surface area contributed by atoms with E-state index in [2.05, 4.69) is 0 Å². The van der Waals surface area contributed by atoms with Crippen LogP contribution in [0.1, 0.15) is 25.7 Å². The number of carboxylic acids is 4. The lowest BCUT2D eigenvalue weighted by Gasteiger charge is -2.20. The minimum Gasteiger partial charge on any atom is -0.481 e. The Morgan fingerprint density at radius 1 is 0.778 bits per heavy atom. The van der Waals surface area contributed by atoms with E-state index in [-0.39, 0.29) is 6.42 Å². The molecule has 0 spiro atoms. The Bertz CT molecular complexity index is 348. The number of carbonyl (C=O) groups is 4. The van der Waals surface area contributed by atoms with Gasteiger partial charge in [-0.15, -0.1) is 0 Å². The number of aliphatic carboxylic acids is 4. The first-order chi connectivity index (χ1) is 8.23. The molecule has 8 nitrogen and oxygen atoms in total. The molecule has 0 radical (unpaired) electrons. The number of hydrogen-bond acceptors (Lipinski definition) is 4. The van der Waals surface area contributed by atoms with Gasteiger partial charge in [0, 0.05) is 12.8 Å². The number of rotatable bonds is 9. The second-order valence-electron chi connectivity index (χ2n) is 3.83. The van der Waals surface area contributed by atoms with Gasteiger partial charge in [-0.25, -0.2) is 0 Å². The van der Waals surface area contributed by atoms with Gasteiger partial charge in [0.05, 0.1) is 12.3 Å². The van der Waals surface area contributed by atoms with Crippen LogP contribution in [0, 0.1) is 11.8 Å². The van der Waals surface area contributed by atoms with Crippen LogP contribution in [-0.4, -0.2) is 44.3 Å². The van der Waals surface area contributed by atoms with Crippen LogP contribution in [0.2, 0.25) is 0 Å². The Kier molecular flexibility index (Phi) is 6.40. The molecule has 4 N–H and O–H groups in total. The standard InChI is InChI=1S/C10H14O8/c11-7(12)2-1-5(3-8(13)14)6(10(17)18)4-9(15)16/h5-6H,1-4H2,(H,11,12)(H,13,14)(H,15,16)(H,17,18). The van der Waals surface area contributed by atoms with Gasteiger partial charge in [-0.05, 0) is 12.3 Å². The van der Waals surface area contributed by atoms with Crippen molar-refractivity contribution in [1.29, 1.82) is 0 Å². The summed E-state index contributed by atoms with van der Waals surface area (Å²) >= 11 is 0. The van der Waals surface area contributed by atoms with Gasteiger partial charge in [-0.2, -0.15) is 0 Å². The molecule has 0 saturated carbocycles. The van der Waals surface area contributed by atoms with Crippen LogP contribution < -0.4 is 0 Å². The van der Waals surface area contributed by atoms with Gasteiger partial charge in [-0.3, -0.25) is 19.2 Å². The highest BCUT2D eigenvalue weighted by atomic mass is 16.4. The molecule has 0 aliphatic carbocycles. The molecule has 2 unspecified atom stereocenters. The summed E-state index contributed by atoms with van der Waals surface area (Å²) < 4.78 is 0. The minimum absolute atomic E-state index is 0.189. The summed E-state index contributed by atoms with van der Waals surface area (Å²) in [6.07, 6.45) is -1.89. The van der Waals surface area contributed by atoms with Crippen molar-refractivity contribution in [2.45, 2.75) is 25.7 Å². The van der Waals surface area contributed by atoms with Gasteiger partial charge < -0.3 is 20.4 Å². The van der Waals surface area contributed by atoms with Crippen LogP contribution in [-0.2, 0) is 19.2 Å². The molecule has 0 heterocycles. The summed E-state index contributed by atoms with van der Waals surface area (Å²) in [6.45, 7) is 0. The maximum atomic E-state index is 10.9. The fourth-order valence-electron chi connectivity index (χ4n) is 1.62. The summed E-state index contributed by atoms with van der Waals surface area (Å²) in [7, 11) is 0. The topological polar surface area (TPSA) is 149 Å². The van der Waals surface area contributed by atoms with Gasteiger partial charge in [-0.1, -0.05) is 0 Å². The SMILES string of the molecule is O=C(O)CCC(CC(=O)O)C(CC(=O)O)C(=O)O. The van der Waals surface area contributed by atoms with Crippen molar-refractivity contribution in [3.63, 3.8) is 0 Å². The van der Waals surface area contributed by atoms with Crippen molar-refractivity contribution in [2.75, 3.05) is 0 Å². The highest BCUT2D eigenvalue weighted by Gasteiger charge is 2.32. The molecule has 0 fully saturated rings. The van der Waals surface area contributed by atoms with Crippen LogP contribution in [0.25, 0.3) is 0 Å². The van der Waals surface area contributed by atoms with Crippen molar-refractivity contribution in [3.05, 3.63) is 0 Å². The Balaban J connectivity index is 4.84. The summed E-state index contributed by atoms with van der Waals surface area (Å²) in [5, 5.41) is 34.5. The van der Waals surface area contributed by atoms with Crippen molar-refractivity contribution in [3.8, 4) is 0 Å². The molecule has 2 atom stereocenters. The van der Waals surface area contributed by atoms with Crippen LogP contribution >= 0.6 is 0 Å². The highest BCUT2D eigenvalue weighted by molar-refractivity contribution is 5.79. The molecule has 0 bridgehead atoms. The van der Waals surface area contributed by atoms with Crippen LogP contribution in [0.5, 0.6) is 0 Å². The van der Waals surface area contributed by atoms with Gasteiger partial charge >= 0.3 is 23.9 Å². The quantitative estimate of drug-likeness (QED) is 0.457. The summed E-state index contributed by atoms with van der Waals surface area (Å²) in [5.41, 5.74) is 0. The maximum absolute atomic E-state index is 10.9. The van der Waals surface area contributed by atoms with Gasteiger partial charge in [0.15, 0.2) is 0 Å². The first kappa shape index (κ1) is 15.9.